The van der Waals surface area contributed by atoms with Crippen LogP contribution < -0.4 is 0 Å². The normalized spacial score (nSPS) is 21.7. The fourth-order valence-corrected chi connectivity index (χ4v) is 5.49. The first kappa shape index (κ1) is 47.4. The van der Waals surface area contributed by atoms with Crippen LogP contribution in [0.25, 0.3) is 0 Å². The van der Waals surface area contributed by atoms with E-state index in [-0.39, 0.29) is 26.1 Å². The van der Waals surface area contributed by atoms with Gasteiger partial charge in [0, 0.05) is 12.8 Å². The SMILES string of the molecule is CC/C=C\C/C=C\C/C=C\C/C=C\CCC(=O)OC(COC(=O)CCCCCCC/C=C\CCCCCCC)COC1OC(CO)C(O)C(O)C1O. The molecular weight excluding hydrogens is 664 g/mol. The van der Waals surface area contributed by atoms with E-state index in [1.54, 1.807) is 0 Å². The molecule has 1 heterocycles. The minimum absolute atomic E-state index is 0.105. The molecule has 1 aliphatic heterocycles. The molecule has 0 saturated carbocycles. The van der Waals surface area contributed by atoms with E-state index in [0.29, 0.717) is 12.8 Å². The average molecular weight is 735 g/mol. The first-order chi connectivity index (χ1) is 25.3. The average Bonchev–Trinajstić information content (AvgIpc) is 3.14. The molecule has 4 N–H and O–H groups in total. The molecule has 0 aromatic heterocycles. The lowest BCUT2D eigenvalue weighted by Crippen LogP contribution is -2.59. The fourth-order valence-electron chi connectivity index (χ4n) is 5.49. The summed E-state index contributed by atoms with van der Waals surface area (Å²) in [5.74, 6) is -0.918. The van der Waals surface area contributed by atoms with Crippen LogP contribution in [0.1, 0.15) is 136 Å². The quantitative estimate of drug-likeness (QED) is 0.0320. The van der Waals surface area contributed by atoms with Crippen LogP contribution >= 0.6 is 0 Å². The Bertz CT molecular complexity index is 1030. The van der Waals surface area contributed by atoms with Crippen molar-refractivity contribution in [3.63, 3.8) is 0 Å². The number of carbonyl (C=O) groups excluding carboxylic acids is 2. The summed E-state index contributed by atoms with van der Waals surface area (Å²) in [6.07, 6.45) is 31.0. The van der Waals surface area contributed by atoms with Crippen LogP contribution in [0.3, 0.4) is 0 Å². The van der Waals surface area contributed by atoms with Crippen LogP contribution in [0.15, 0.2) is 60.8 Å². The van der Waals surface area contributed by atoms with Gasteiger partial charge in [-0.15, -0.1) is 0 Å². The summed E-state index contributed by atoms with van der Waals surface area (Å²) in [6, 6.07) is 0. The number of aliphatic hydroxyl groups excluding tert-OH is 4. The highest BCUT2D eigenvalue weighted by Gasteiger charge is 2.44. The Hall–Kier alpha value is -2.60. The predicted octanol–water partition coefficient (Wildman–Crippen LogP) is 7.49. The van der Waals surface area contributed by atoms with Crippen LogP contribution in [0.4, 0.5) is 0 Å². The summed E-state index contributed by atoms with van der Waals surface area (Å²) < 4.78 is 22.0. The van der Waals surface area contributed by atoms with Crippen molar-refractivity contribution in [3.05, 3.63) is 60.8 Å². The van der Waals surface area contributed by atoms with Crippen LogP contribution in [0.5, 0.6) is 0 Å². The smallest absolute Gasteiger partial charge is 0.306 e. The third-order valence-electron chi connectivity index (χ3n) is 8.65. The zero-order chi connectivity index (χ0) is 38.1. The number of ether oxygens (including phenoxy) is 4. The lowest BCUT2D eigenvalue weighted by Gasteiger charge is -2.39. The highest BCUT2D eigenvalue weighted by Crippen LogP contribution is 2.22. The lowest BCUT2D eigenvalue weighted by atomic mass is 9.99. The Balaban J connectivity index is 2.45. The number of hydrogen-bond acceptors (Lipinski definition) is 10. The van der Waals surface area contributed by atoms with E-state index in [1.165, 1.54) is 32.1 Å². The molecule has 6 unspecified atom stereocenters. The molecule has 298 valence electrons. The van der Waals surface area contributed by atoms with E-state index in [4.69, 9.17) is 18.9 Å². The first-order valence-corrected chi connectivity index (χ1v) is 19.9. The lowest BCUT2D eigenvalue weighted by molar-refractivity contribution is -0.305. The molecule has 0 bridgehead atoms. The minimum Gasteiger partial charge on any atom is -0.462 e. The third-order valence-corrected chi connectivity index (χ3v) is 8.65. The summed E-state index contributed by atoms with van der Waals surface area (Å²) in [4.78, 5) is 25.2. The van der Waals surface area contributed by atoms with Crippen LogP contribution in [-0.2, 0) is 28.5 Å². The van der Waals surface area contributed by atoms with Crippen molar-refractivity contribution in [1.82, 2.24) is 0 Å². The van der Waals surface area contributed by atoms with Gasteiger partial charge >= 0.3 is 11.9 Å². The molecule has 0 spiro atoms. The molecule has 0 aromatic carbocycles. The van der Waals surface area contributed by atoms with Gasteiger partial charge in [-0.1, -0.05) is 120 Å². The van der Waals surface area contributed by atoms with E-state index in [1.807, 2.05) is 12.2 Å². The van der Waals surface area contributed by atoms with Gasteiger partial charge in [0.1, 0.15) is 31.0 Å². The van der Waals surface area contributed by atoms with Gasteiger partial charge < -0.3 is 39.4 Å². The Morgan fingerprint density at radius 1 is 0.615 bits per heavy atom. The van der Waals surface area contributed by atoms with Gasteiger partial charge in [0.05, 0.1) is 13.2 Å². The third kappa shape index (κ3) is 24.6. The minimum atomic E-state index is -1.61. The van der Waals surface area contributed by atoms with Gasteiger partial charge in [-0.3, -0.25) is 9.59 Å². The molecule has 1 saturated heterocycles. The second-order valence-electron chi connectivity index (χ2n) is 13.3. The summed E-state index contributed by atoms with van der Waals surface area (Å²) in [5.41, 5.74) is 0. The van der Waals surface area contributed by atoms with Crippen LogP contribution in [0.2, 0.25) is 0 Å². The zero-order valence-electron chi connectivity index (χ0n) is 32.0. The standard InChI is InChI=1S/C42H70O10/c1-3-5-7-9-11-13-15-17-19-20-22-24-26-28-30-37(44)49-33-35(34-50-42-41(48)40(47)39(46)36(32-43)52-42)51-38(45)31-29-27-25-23-21-18-16-14-12-10-8-6-4-2/h6,8,12,14-15,17-18,21,25,27,35-36,39-43,46-48H,3-5,7,9-11,13,16,19-20,22-24,26,28-34H2,1-2H3/b8-6-,14-12-,17-15-,21-18-,27-25-. The topological polar surface area (TPSA) is 152 Å². The van der Waals surface area contributed by atoms with Crippen molar-refractivity contribution < 1.29 is 49.0 Å². The maximum Gasteiger partial charge on any atom is 0.306 e. The van der Waals surface area contributed by atoms with Gasteiger partial charge in [-0.25, -0.2) is 0 Å². The summed E-state index contributed by atoms with van der Waals surface area (Å²) in [5, 5.41) is 39.9. The van der Waals surface area contributed by atoms with Crippen molar-refractivity contribution in [2.45, 2.75) is 173 Å². The number of unbranched alkanes of at least 4 members (excludes halogenated alkanes) is 10. The zero-order valence-corrected chi connectivity index (χ0v) is 32.0. The predicted molar refractivity (Wildman–Crippen MR) is 205 cm³/mol. The fraction of sp³-hybridized carbons (Fsp3) is 0.714. The first-order valence-electron chi connectivity index (χ1n) is 19.9. The van der Waals surface area contributed by atoms with Crippen LogP contribution in [0, 0.1) is 0 Å². The van der Waals surface area contributed by atoms with Gasteiger partial charge in [0.2, 0.25) is 0 Å². The molecule has 10 heteroatoms. The number of aliphatic hydroxyl groups is 4. The second kappa shape index (κ2) is 33.0. The number of carbonyl (C=O) groups is 2. The number of allylic oxidation sites excluding steroid dienone is 10. The molecule has 0 amide bonds. The largest absolute Gasteiger partial charge is 0.462 e. The highest BCUT2D eigenvalue weighted by atomic mass is 16.7. The molecule has 0 radical (unpaired) electrons. The molecule has 0 aliphatic carbocycles. The number of hydrogen-bond donors (Lipinski definition) is 4. The number of esters is 2. The van der Waals surface area contributed by atoms with Gasteiger partial charge in [0.15, 0.2) is 12.4 Å². The van der Waals surface area contributed by atoms with Gasteiger partial charge in [0.25, 0.3) is 0 Å². The molecule has 6 atom stereocenters. The molecule has 52 heavy (non-hydrogen) atoms. The summed E-state index contributed by atoms with van der Waals surface area (Å²) in [6.45, 7) is 3.18. The molecule has 1 aliphatic rings. The number of rotatable bonds is 31. The Kier molecular flexibility index (Phi) is 30.1. The molecule has 0 aromatic rings. The van der Waals surface area contributed by atoms with Crippen LogP contribution in [-0.4, -0.2) is 89.0 Å². The van der Waals surface area contributed by atoms with Crippen molar-refractivity contribution >= 4 is 11.9 Å². The molecule has 1 rings (SSSR count). The van der Waals surface area contributed by atoms with Gasteiger partial charge in [-0.2, -0.15) is 0 Å². The molecular formula is C42H70O10. The second-order valence-corrected chi connectivity index (χ2v) is 13.3. The van der Waals surface area contributed by atoms with E-state index in [2.05, 4.69) is 62.5 Å². The highest BCUT2D eigenvalue weighted by molar-refractivity contribution is 5.70. The monoisotopic (exact) mass is 734 g/mol. The van der Waals surface area contributed by atoms with Crippen molar-refractivity contribution in [3.8, 4) is 0 Å². The van der Waals surface area contributed by atoms with Gasteiger partial charge in [-0.05, 0) is 64.2 Å². The Labute approximate surface area is 313 Å². The van der Waals surface area contributed by atoms with E-state index < -0.39 is 55.4 Å². The Morgan fingerprint density at radius 2 is 1.17 bits per heavy atom. The van der Waals surface area contributed by atoms with E-state index in [0.717, 1.165) is 64.2 Å². The van der Waals surface area contributed by atoms with Crippen molar-refractivity contribution in [2.24, 2.45) is 0 Å². The van der Waals surface area contributed by atoms with Crippen molar-refractivity contribution in [2.75, 3.05) is 19.8 Å². The Morgan fingerprint density at radius 3 is 1.79 bits per heavy atom. The van der Waals surface area contributed by atoms with Crippen molar-refractivity contribution in [1.29, 1.82) is 0 Å². The summed E-state index contributed by atoms with van der Waals surface area (Å²) >= 11 is 0. The molecule has 10 nitrogen and oxygen atoms in total. The summed E-state index contributed by atoms with van der Waals surface area (Å²) in [7, 11) is 0. The maximum atomic E-state index is 12.7. The van der Waals surface area contributed by atoms with E-state index in [9.17, 15) is 30.0 Å². The molecule has 1 fully saturated rings. The van der Waals surface area contributed by atoms with E-state index >= 15 is 0 Å². The maximum absolute atomic E-state index is 12.7.